The summed E-state index contributed by atoms with van der Waals surface area (Å²) in [6.07, 6.45) is 0. The molecule has 0 heterocycles. The summed E-state index contributed by atoms with van der Waals surface area (Å²) in [6.45, 7) is 2.57. The average molecular weight is 410 g/mol. The molecule has 0 aliphatic heterocycles. The number of hydrogen-bond acceptors (Lipinski definition) is 7. The Hall–Kier alpha value is -3.74. The molecule has 0 fully saturated rings. The van der Waals surface area contributed by atoms with E-state index < -0.39 is 11.9 Å². The molecule has 0 amide bonds. The van der Waals surface area contributed by atoms with Gasteiger partial charge >= 0.3 is 11.9 Å². The number of esters is 2. The smallest absolute Gasteiger partial charge is 0.308 e. The normalized spacial score (nSPS) is 10.4. The number of methoxy groups -OCH3 is 3. The third kappa shape index (κ3) is 4.00. The maximum atomic E-state index is 11.7. The van der Waals surface area contributed by atoms with Crippen LogP contribution in [0.4, 0.5) is 0 Å². The van der Waals surface area contributed by atoms with Gasteiger partial charge in [0.1, 0.15) is 17.2 Å². The summed E-state index contributed by atoms with van der Waals surface area (Å²) >= 11 is 0. The highest BCUT2D eigenvalue weighted by Gasteiger charge is 2.23. The molecular weight excluding hydrogens is 388 g/mol. The van der Waals surface area contributed by atoms with E-state index in [0.29, 0.717) is 33.8 Å². The molecule has 0 atom stereocenters. The third-order valence-corrected chi connectivity index (χ3v) is 4.44. The van der Waals surface area contributed by atoms with Gasteiger partial charge in [-0.25, -0.2) is 0 Å². The van der Waals surface area contributed by atoms with Crippen LogP contribution in [0.1, 0.15) is 13.8 Å². The molecule has 0 aromatic heterocycles. The Morgan fingerprint density at radius 1 is 0.700 bits per heavy atom. The quantitative estimate of drug-likeness (QED) is 0.441. The predicted molar refractivity (Wildman–Crippen MR) is 112 cm³/mol. The highest BCUT2D eigenvalue weighted by Crippen LogP contribution is 2.48. The van der Waals surface area contributed by atoms with Crippen molar-refractivity contribution in [1.82, 2.24) is 0 Å². The van der Waals surface area contributed by atoms with Crippen LogP contribution in [0.3, 0.4) is 0 Å². The van der Waals surface area contributed by atoms with Crippen LogP contribution in [0.5, 0.6) is 28.7 Å². The van der Waals surface area contributed by atoms with Crippen molar-refractivity contribution in [3.05, 3.63) is 42.5 Å². The van der Waals surface area contributed by atoms with E-state index in [1.807, 2.05) is 12.1 Å². The van der Waals surface area contributed by atoms with E-state index in [1.54, 1.807) is 51.7 Å². The second-order valence-corrected chi connectivity index (χ2v) is 6.39. The molecule has 7 heteroatoms. The van der Waals surface area contributed by atoms with Gasteiger partial charge in [-0.05, 0) is 11.5 Å². The van der Waals surface area contributed by atoms with E-state index >= 15 is 0 Å². The molecule has 156 valence electrons. The Balaban J connectivity index is 2.43. The fraction of sp³-hybridized carbons (Fsp3) is 0.217. The van der Waals surface area contributed by atoms with E-state index in [-0.39, 0.29) is 11.5 Å². The minimum absolute atomic E-state index is 0.117. The van der Waals surface area contributed by atoms with Crippen LogP contribution in [-0.4, -0.2) is 33.3 Å². The lowest BCUT2D eigenvalue weighted by Gasteiger charge is -2.19. The summed E-state index contributed by atoms with van der Waals surface area (Å²) < 4.78 is 27.3. The molecule has 3 aromatic rings. The van der Waals surface area contributed by atoms with E-state index in [9.17, 15) is 9.59 Å². The van der Waals surface area contributed by atoms with E-state index in [2.05, 4.69) is 0 Å². The molecular formula is C23H22O7. The Bertz CT molecular complexity index is 1090. The highest BCUT2D eigenvalue weighted by atomic mass is 16.6. The standard InChI is InChI=1S/C23H22O7/c1-13(24)29-21-12-18(16-8-6-7-9-17(16)23(21)30-14(2)25)22-19(27-4)10-15(26-3)11-20(22)28-5/h6-12H,1-5H3. The van der Waals surface area contributed by atoms with Gasteiger partial charge in [0, 0.05) is 36.9 Å². The monoisotopic (exact) mass is 410 g/mol. The molecule has 0 bridgehead atoms. The minimum atomic E-state index is -0.543. The number of rotatable bonds is 6. The Morgan fingerprint density at radius 3 is 1.77 bits per heavy atom. The first kappa shape index (κ1) is 21.0. The maximum absolute atomic E-state index is 11.7. The third-order valence-electron chi connectivity index (χ3n) is 4.44. The topological polar surface area (TPSA) is 80.3 Å². The molecule has 0 N–H and O–H groups in total. The number of carbonyl (C=O) groups is 2. The van der Waals surface area contributed by atoms with Crippen LogP contribution in [0.25, 0.3) is 21.9 Å². The van der Waals surface area contributed by atoms with Crippen molar-refractivity contribution in [3.8, 4) is 39.9 Å². The van der Waals surface area contributed by atoms with Gasteiger partial charge in [0.05, 0.1) is 26.9 Å². The van der Waals surface area contributed by atoms with Crippen LogP contribution in [-0.2, 0) is 9.59 Å². The summed E-state index contributed by atoms with van der Waals surface area (Å²) in [4.78, 5) is 23.4. The van der Waals surface area contributed by atoms with E-state index in [0.717, 1.165) is 5.39 Å². The van der Waals surface area contributed by atoms with Crippen molar-refractivity contribution < 1.29 is 33.3 Å². The van der Waals surface area contributed by atoms with Crippen LogP contribution in [0.2, 0.25) is 0 Å². The second-order valence-electron chi connectivity index (χ2n) is 6.39. The number of hydrogen-bond donors (Lipinski definition) is 0. The fourth-order valence-corrected chi connectivity index (χ4v) is 3.28. The number of carbonyl (C=O) groups excluding carboxylic acids is 2. The van der Waals surface area contributed by atoms with Gasteiger partial charge in [0.25, 0.3) is 0 Å². The molecule has 0 unspecified atom stereocenters. The zero-order valence-electron chi connectivity index (χ0n) is 17.4. The van der Waals surface area contributed by atoms with Gasteiger partial charge in [-0.15, -0.1) is 0 Å². The summed E-state index contributed by atoms with van der Waals surface area (Å²) in [5.41, 5.74) is 1.31. The average Bonchev–Trinajstić information content (AvgIpc) is 2.73. The first-order valence-corrected chi connectivity index (χ1v) is 9.12. The largest absolute Gasteiger partial charge is 0.496 e. The molecule has 0 aliphatic rings. The van der Waals surface area contributed by atoms with Crippen molar-refractivity contribution in [2.75, 3.05) is 21.3 Å². The number of benzene rings is 3. The van der Waals surface area contributed by atoms with Gasteiger partial charge in [-0.1, -0.05) is 24.3 Å². The van der Waals surface area contributed by atoms with Gasteiger partial charge in [-0.2, -0.15) is 0 Å². The first-order valence-electron chi connectivity index (χ1n) is 9.12. The van der Waals surface area contributed by atoms with Crippen LogP contribution < -0.4 is 23.7 Å². The Morgan fingerprint density at radius 2 is 1.27 bits per heavy atom. The Kier molecular flexibility index (Phi) is 6.11. The van der Waals surface area contributed by atoms with Crippen molar-refractivity contribution >= 4 is 22.7 Å². The van der Waals surface area contributed by atoms with Gasteiger partial charge in [-0.3, -0.25) is 9.59 Å². The zero-order valence-corrected chi connectivity index (χ0v) is 17.4. The number of fused-ring (bicyclic) bond motifs is 1. The lowest BCUT2D eigenvalue weighted by atomic mass is 9.95. The van der Waals surface area contributed by atoms with Gasteiger partial charge in [0.2, 0.25) is 0 Å². The fourth-order valence-electron chi connectivity index (χ4n) is 3.28. The molecule has 0 radical (unpaired) electrons. The van der Waals surface area contributed by atoms with E-state index in [1.165, 1.54) is 13.8 Å². The summed E-state index contributed by atoms with van der Waals surface area (Å²) in [6, 6.07) is 12.4. The lowest BCUT2D eigenvalue weighted by Crippen LogP contribution is -2.08. The SMILES string of the molecule is COc1cc(OC)c(-c2cc(OC(C)=O)c(OC(C)=O)c3ccccc23)c(OC)c1. The maximum Gasteiger partial charge on any atom is 0.308 e. The minimum Gasteiger partial charge on any atom is -0.496 e. The molecule has 7 nitrogen and oxygen atoms in total. The first-order chi connectivity index (χ1) is 14.4. The summed E-state index contributed by atoms with van der Waals surface area (Å²) in [5, 5.41) is 1.35. The van der Waals surface area contributed by atoms with Crippen molar-refractivity contribution in [3.63, 3.8) is 0 Å². The second kappa shape index (κ2) is 8.73. The van der Waals surface area contributed by atoms with Gasteiger partial charge in [0.15, 0.2) is 11.5 Å². The summed E-state index contributed by atoms with van der Waals surface area (Å²) in [7, 11) is 4.64. The van der Waals surface area contributed by atoms with Gasteiger partial charge < -0.3 is 23.7 Å². The molecule has 30 heavy (non-hydrogen) atoms. The van der Waals surface area contributed by atoms with Crippen molar-refractivity contribution in [2.45, 2.75) is 13.8 Å². The molecule has 3 aromatic carbocycles. The predicted octanol–water partition coefficient (Wildman–Crippen LogP) is 4.38. The highest BCUT2D eigenvalue weighted by molar-refractivity contribution is 6.05. The van der Waals surface area contributed by atoms with E-state index in [4.69, 9.17) is 23.7 Å². The molecule has 0 aliphatic carbocycles. The van der Waals surface area contributed by atoms with Crippen LogP contribution in [0, 0.1) is 0 Å². The molecule has 3 rings (SSSR count). The van der Waals surface area contributed by atoms with Crippen molar-refractivity contribution in [1.29, 1.82) is 0 Å². The summed E-state index contributed by atoms with van der Waals surface area (Å²) in [5.74, 6) is 0.790. The van der Waals surface area contributed by atoms with Crippen molar-refractivity contribution in [2.24, 2.45) is 0 Å². The van der Waals surface area contributed by atoms with Crippen LogP contribution >= 0.6 is 0 Å². The molecule has 0 saturated carbocycles. The number of ether oxygens (including phenoxy) is 5. The molecule has 0 spiro atoms. The molecule has 0 saturated heterocycles. The Labute approximate surface area is 174 Å². The zero-order chi connectivity index (χ0) is 21.8. The lowest BCUT2D eigenvalue weighted by molar-refractivity contribution is -0.134. The van der Waals surface area contributed by atoms with Crippen LogP contribution in [0.15, 0.2) is 42.5 Å².